The number of amides is 1. The van der Waals surface area contributed by atoms with Crippen LogP contribution in [0.3, 0.4) is 0 Å². The Labute approximate surface area is 177 Å². The van der Waals surface area contributed by atoms with E-state index >= 15 is 0 Å². The summed E-state index contributed by atoms with van der Waals surface area (Å²) in [5.41, 5.74) is 0.000386. The van der Waals surface area contributed by atoms with Crippen LogP contribution in [0.15, 0.2) is 71.5 Å². The number of carbonyl (C=O) groups is 2. The molecule has 8 nitrogen and oxygen atoms in total. The Morgan fingerprint density at radius 1 is 1.03 bits per heavy atom. The maximum atomic E-state index is 12.2. The highest BCUT2D eigenvalue weighted by Gasteiger charge is 2.14. The number of nitrogens with one attached hydrogen (secondary N) is 1. The average molecular weight is 428 g/mol. The standard InChI is InChI=1S/C21H18ClN3O5/c22-15-5-4-6-16(13-15)23-19(26)14-30-21(28)18-9-10-20(27)25(24-18)11-12-29-17-7-2-1-3-8-17/h1-10,13H,11-12,14H2,(H,23,26). The van der Waals surface area contributed by atoms with Gasteiger partial charge in [-0.1, -0.05) is 35.9 Å². The van der Waals surface area contributed by atoms with Crippen LogP contribution in [0.25, 0.3) is 0 Å². The van der Waals surface area contributed by atoms with Crippen molar-refractivity contribution in [3.8, 4) is 5.75 Å². The molecule has 9 heteroatoms. The van der Waals surface area contributed by atoms with Crippen molar-refractivity contribution in [1.29, 1.82) is 0 Å². The van der Waals surface area contributed by atoms with E-state index in [0.717, 1.165) is 4.68 Å². The molecule has 0 saturated carbocycles. The summed E-state index contributed by atoms with van der Waals surface area (Å²) < 4.78 is 11.6. The van der Waals surface area contributed by atoms with Crippen LogP contribution in [0.2, 0.25) is 5.02 Å². The molecule has 0 atom stereocenters. The lowest BCUT2D eigenvalue weighted by Gasteiger charge is -2.09. The van der Waals surface area contributed by atoms with Gasteiger partial charge in [0.1, 0.15) is 12.4 Å². The van der Waals surface area contributed by atoms with E-state index in [-0.39, 0.29) is 24.4 Å². The minimum absolute atomic E-state index is 0.0927. The van der Waals surface area contributed by atoms with Gasteiger partial charge in [-0.25, -0.2) is 9.48 Å². The fraction of sp³-hybridized carbons (Fsp3) is 0.143. The number of hydrogen-bond donors (Lipinski definition) is 1. The van der Waals surface area contributed by atoms with E-state index in [9.17, 15) is 14.4 Å². The molecular weight excluding hydrogens is 410 g/mol. The fourth-order valence-electron chi connectivity index (χ4n) is 2.45. The van der Waals surface area contributed by atoms with E-state index in [1.54, 1.807) is 36.4 Å². The van der Waals surface area contributed by atoms with Gasteiger partial charge in [0.25, 0.3) is 11.5 Å². The highest BCUT2D eigenvalue weighted by Crippen LogP contribution is 2.14. The monoisotopic (exact) mass is 427 g/mol. The molecule has 2 aromatic carbocycles. The first-order valence-electron chi connectivity index (χ1n) is 9.00. The number of anilines is 1. The van der Waals surface area contributed by atoms with E-state index < -0.39 is 18.5 Å². The molecule has 3 rings (SSSR count). The highest BCUT2D eigenvalue weighted by molar-refractivity contribution is 6.30. The number of para-hydroxylation sites is 1. The number of hydrogen-bond acceptors (Lipinski definition) is 6. The van der Waals surface area contributed by atoms with Crippen molar-refractivity contribution in [2.45, 2.75) is 6.54 Å². The number of carbonyl (C=O) groups excluding carboxylic acids is 2. The van der Waals surface area contributed by atoms with E-state index in [0.29, 0.717) is 16.5 Å². The molecule has 0 fully saturated rings. The smallest absolute Gasteiger partial charge is 0.359 e. The van der Waals surface area contributed by atoms with Gasteiger partial charge in [0.05, 0.1) is 6.54 Å². The molecular formula is C21H18ClN3O5. The molecule has 1 amide bonds. The number of ether oxygens (including phenoxy) is 2. The van der Waals surface area contributed by atoms with Crippen molar-refractivity contribution >= 4 is 29.2 Å². The molecule has 0 aliphatic heterocycles. The van der Waals surface area contributed by atoms with E-state index in [1.165, 1.54) is 12.1 Å². The molecule has 30 heavy (non-hydrogen) atoms. The van der Waals surface area contributed by atoms with Gasteiger partial charge in [0, 0.05) is 16.8 Å². The molecule has 1 N–H and O–H groups in total. The summed E-state index contributed by atoms with van der Waals surface area (Å²) >= 11 is 5.85. The van der Waals surface area contributed by atoms with Crippen LogP contribution in [-0.2, 0) is 16.1 Å². The van der Waals surface area contributed by atoms with Crippen molar-refractivity contribution in [2.75, 3.05) is 18.5 Å². The lowest BCUT2D eigenvalue weighted by molar-refractivity contribution is -0.119. The maximum Gasteiger partial charge on any atom is 0.359 e. The topological polar surface area (TPSA) is 99.5 Å². The number of aromatic nitrogens is 2. The molecule has 0 aliphatic carbocycles. The number of benzene rings is 2. The molecule has 1 heterocycles. The van der Waals surface area contributed by atoms with Crippen molar-refractivity contribution in [3.05, 3.63) is 87.8 Å². The summed E-state index contributed by atoms with van der Waals surface area (Å²) in [6, 6.07) is 18.1. The summed E-state index contributed by atoms with van der Waals surface area (Å²) in [4.78, 5) is 36.1. The molecule has 0 unspecified atom stereocenters. The normalized spacial score (nSPS) is 10.3. The highest BCUT2D eigenvalue weighted by atomic mass is 35.5. The number of nitrogens with zero attached hydrogens (tertiary/aromatic N) is 2. The van der Waals surface area contributed by atoms with Gasteiger partial charge in [-0.05, 0) is 36.4 Å². The lowest BCUT2D eigenvalue weighted by atomic mass is 10.3. The van der Waals surface area contributed by atoms with Crippen molar-refractivity contribution < 1.29 is 19.1 Å². The van der Waals surface area contributed by atoms with Crippen LogP contribution in [0, 0.1) is 0 Å². The zero-order valence-corrected chi connectivity index (χ0v) is 16.5. The SMILES string of the molecule is O=C(COC(=O)c1ccc(=O)n(CCOc2ccccc2)n1)Nc1cccc(Cl)c1. The van der Waals surface area contributed by atoms with Gasteiger partial charge in [-0.2, -0.15) is 5.10 Å². The summed E-state index contributed by atoms with van der Waals surface area (Å²) in [5.74, 6) is -0.698. The third kappa shape index (κ3) is 6.18. The second-order valence-corrected chi connectivity index (χ2v) is 6.51. The van der Waals surface area contributed by atoms with Crippen LogP contribution < -0.4 is 15.6 Å². The fourth-order valence-corrected chi connectivity index (χ4v) is 2.64. The van der Waals surface area contributed by atoms with Crippen LogP contribution in [0.4, 0.5) is 5.69 Å². The number of halogens is 1. The van der Waals surface area contributed by atoms with Gasteiger partial charge in [0.2, 0.25) is 0 Å². The molecule has 154 valence electrons. The summed E-state index contributed by atoms with van der Waals surface area (Å²) in [5, 5.41) is 7.00. The second kappa shape index (κ2) is 10.2. The lowest BCUT2D eigenvalue weighted by Crippen LogP contribution is -2.28. The van der Waals surface area contributed by atoms with Gasteiger partial charge < -0.3 is 14.8 Å². The molecule has 1 aromatic heterocycles. The molecule has 0 bridgehead atoms. The predicted molar refractivity (Wildman–Crippen MR) is 111 cm³/mol. The Hall–Kier alpha value is -3.65. The number of esters is 1. The second-order valence-electron chi connectivity index (χ2n) is 6.08. The largest absolute Gasteiger partial charge is 0.492 e. The Morgan fingerprint density at radius 2 is 1.83 bits per heavy atom. The first kappa shape index (κ1) is 21.1. The summed E-state index contributed by atoms with van der Waals surface area (Å²) in [6.07, 6.45) is 0. The summed E-state index contributed by atoms with van der Waals surface area (Å²) in [7, 11) is 0. The van der Waals surface area contributed by atoms with Crippen LogP contribution in [0.5, 0.6) is 5.75 Å². The van der Waals surface area contributed by atoms with Gasteiger partial charge in [0.15, 0.2) is 12.3 Å². The first-order chi connectivity index (χ1) is 14.5. The van der Waals surface area contributed by atoms with Crippen molar-refractivity contribution in [1.82, 2.24) is 9.78 Å². The quantitative estimate of drug-likeness (QED) is 0.555. The van der Waals surface area contributed by atoms with E-state index in [2.05, 4.69) is 10.4 Å². The van der Waals surface area contributed by atoms with Crippen LogP contribution >= 0.6 is 11.6 Å². The zero-order chi connectivity index (χ0) is 21.3. The molecule has 0 saturated heterocycles. The van der Waals surface area contributed by atoms with Crippen molar-refractivity contribution in [2.24, 2.45) is 0 Å². The van der Waals surface area contributed by atoms with Crippen LogP contribution in [-0.4, -0.2) is 34.9 Å². The third-order valence-electron chi connectivity index (χ3n) is 3.83. The average Bonchev–Trinajstić information content (AvgIpc) is 2.74. The van der Waals surface area contributed by atoms with E-state index in [4.69, 9.17) is 21.1 Å². The Bertz CT molecular complexity index is 1090. The molecule has 3 aromatic rings. The maximum absolute atomic E-state index is 12.2. The zero-order valence-electron chi connectivity index (χ0n) is 15.8. The Kier molecular flexibility index (Phi) is 7.18. The van der Waals surface area contributed by atoms with Gasteiger partial charge >= 0.3 is 5.97 Å². The predicted octanol–water partition coefficient (Wildman–Crippen LogP) is 2.77. The minimum Gasteiger partial charge on any atom is -0.492 e. The minimum atomic E-state index is -0.825. The Morgan fingerprint density at radius 3 is 2.60 bits per heavy atom. The van der Waals surface area contributed by atoms with Crippen molar-refractivity contribution in [3.63, 3.8) is 0 Å². The number of rotatable bonds is 8. The summed E-state index contributed by atoms with van der Waals surface area (Å²) in [6.45, 7) is -0.176. The van der Waals surface area contributed by atoms with Crippen LogP contribution in [0.1, 0.15) is 10.5 Å². The molecule has 0 spiro atoms. The third-order valence-corrected chi connectivity index (χ3v) is 4.07. The Balaban J connectivity index is 1.53. The van der Waals surface area contributed by atoms with Gasteiger partial charge in [-0.15, -0.1) is 0 Å². The first-order valence-corrected chi connectivity index (χ1v) is 9.37. The molecule has 0 aliphatic rings. The van der Waals surface area contributed by atoms with E-state index in [1.807, 2.05) is 18.2 Å². The van der Waals surface area contributed by atoms with Gasteiger partial charge in [-0.3, -0.25) is 9.59 Å². The molecule has 0 radical (unpaired) electrons.